The molecule has 0 aliphatic rings. The van der Waals surface area contributed by atoms with E-state index < -0.39 is 0 Å². The van der Waals surface area contributed by atoms with Gasteiger partial charge in [0, 0.05) is 12.4 Å². The van der Waals surface area contributed by atoms with Gasteiger partial charge in [-0.2, -0.15) is 0 Å². The van der Waals surface area contributed by atoms with Crippen LogP contribution in [0.5, 0.6) is 17.2 Å². The zero-order valence-electron chi connectivity index (χ0n) is 13.9. The van der Waals surface area contributed by atoms with Crippen LogP contribution in [0.1, 0.15) is 5.69 Å². The summed E-state index contributed by atoms with van der Waals surface area (Å²) in [4.78, 5) is 15.1. The molecule has 0 unspecified atom stereocenters. The van der Waals surface area contributed by atoms with Crippen molar-refractivity contribution >= 4 is 28.1 Å². The summed E-state index contributed by atoms with van der Waals surface area (Å²) in [5.41, 5.74) is 3.48. The van der Waals surface area contributed by atoms with Gasteiger partial charge in [-0.15, -0.1) is 11.3 Å². The van der Waals surface area contributed by atoms with E-state index in [1.54, 1.807) is 32.7 Å². The first kappa shape index (κ1) is 16.3. The molecule has 2 heterocycles. The first-order valence-corrected chi connectivity index (χ1v) is 8.15. The lowest BCUT2D eigenvalue weighted by molar-refractivity contribution is 0.327. The second-order valence-corrected chi connectivity index (χ2v) is 5.79. The zero-order valence-corrected chi connectivity index (χ0v) is 14.8. The number of benzene rings is 1. The Morgan fingerprint density at radius 2 is 1.83 bits per heavy atom. The summed E-state index contributed by atoms with van der Waals surface area (Å²) < 4.78 is 16.4. The summed E-state index contributed by atoms with van der Waals surface area (Å²) in [7, 11) is 6.70. The number of ether oxygens (including phenoxy) is 3. The molecule has 1 aromatic carbocycles. The van der Waals surface area contributed by atoms with Crippen molar-refractivity contribution in [2.75, 3.05) is 33.3 Å². The molecule has 0 saturated carbocycles. The molecule has 7 nitrogen and oxygen atoms in total. The lowest BCUT2D eigenvalue weighted by Gasteiger charge is -2.20. The Morgan fingerprint density at radius 3 is 2.46 bits per heavy atom. The van der Waals surface area contributed by atoms with Crippen molar-refractivity contribution in [3.8, 4) is 17.2 Å². The molecule has 126 valence electrons. The molecule has 0 atom stereocenters. The van der Waals surface area contributed by atoms with Crippen molar-refractivity contribution < 1.29 is 14.2 Å². The Hall–Kier alpha value is -2.61. The third-order valence-corrected chi connectivity index (χ3v) is 4.29. The maximum Gasteiger partial charge on any atom is 0.205 e. The van der Waals surface area contributed by atoms with Crippen LogP contribution in [0.3, 0.4) is 0 Å². The largest absolute Gasteiger partial charge is 0.493 e. The van der Waals surface area contributed by atoms with Crippen molar-refractivity contribution in [1.82, 2.24) is 15.0 Å². The smallest absolute Gasteiger partial charge is 0.205 e. The predicted octanol–water partition coefficient (Wildman–Crippen LogP) is 2.75. The van der Waals surface area contributed by atoms with Crippen LogP contribution in [0.15, 0.2) is 23.3 Å². The number of aromatic nitrogens is 3. The zero-order chi connectivity index (χ0) is 17.1. The SMILES string of the molecule is COc1cc2c(N(C)Cc3cscn3)ncnc2c(OC)c1OC. The summed E-state index contributed by atoms with van der Waals surface area (Å²) in [5, 5.41) is 2.84. The second-order valence-electron chi connectivity index (χ2n) is 5.07. The van der Waals surface area contributed by atoms with Gasteiger partial charge < -0.3 is 19.1 Å². The van der Waals surface area contributed by atoms with E-state index in [1.807, 2.05) is 28.9 Å². The maximum atomic E-state index is 5.51. The van der Waals surface area contributed by atoms with E-state index in [4.69, 9.17) is 14.2 Å². The van der Waals surface area contributed by atoms with E-state index in [1.165, 1.54) is 6.33 Å². The molecule has 0 spiro atoms. The van der Waals surface area contributed by atoms with Gasteiger partial charge in [-0.1, -0.05) is 0 Å². The van der Waals surface area contributed by atoms with E-state index in [-0.39, 0.29) is 0 Å². The Morgan fingerprint density at radius 1 is 1.04 bits per heavy atom. The maximum absolute atomic E-state index is 5.51. The average molecular weight is 346 g/mol. The van der Waals surface area contributed by atoms with Gasteiger partial charge in [0.25, 0.3) is 0 Å². The summed E-state index contributed by atoms with van der Waals surface area (Å²) in [6.07, 6.45) is 1.52. The summed E-state index contributed by atoms with van der Waals surface area (Å²) in [6, 6.07) is 1.86. The number of methoxy groups -OCH3 is 3. The molecule has 0 saturated heterocycles. The third-order valence-electron chi connectivity index (χ3n) is 3.66. The molecule has 8 heteroatoms. The number of hydrogen-bond acceptors (Lipinski definition) is 8. The Balaban J connectivity index is 2.15. The monoisotopic (exact) mass is 346 g/mol. The fourth-order valence-corrected chi connectivity index (χ4v) is 3.14. The molecular formula is C16H18N4O3S. The molecule has 2 aromatic heterocycles. The second kappa shape index (κ2) is 6.88. The van der Waals surface area contributed by atoms with Crippen LogP contribution >= 0.6 is 11.3 Å². The van der Waals surface area contributed by atoms with E-state index in [0.29, 0.717) is 29.3 Å². The summed E-state index contributed by atoms with van der Waals surface area (Å²) >= 11 is 1.57. The number of nitrogens with zero attached hydrogens (tertiary/aromatic N) is 4. The van der Waals surface area contributed by atoms with Crippen molar-refractivity contribution in [1.29, 1.82) is 0 Å². The van der Waals surface area contributed by atoms with Crippen LogP contribution in [0.2, 0.25) is 0 Å². The van der Waals surface area contributed by atoms with Gasteiger partial charge in [0.05, 0.1) is 44.5 Å². The topological polar surface area (TPSA) is 69.6 Å². The van der Waals surface area contributed by atoms with Gasteiger partial charge in [-0.3, -0.25) is 0 Å². The van der Waals surface area contributed by atoms with Gasteiger partial charge in [0.15, 0.2) is 11.5 Å². The fourth-order valence-electron chi connectivity index (χ4n) is 2.59. The number of hydrogen-bond donors (Lipinski definition) is 0. The van der Waals surface area contributed by atoms with Crippen molar-refractivity contribution in [3.05, 3.63) is 29.0 Å². The number of thiazole rings is 1. The highest BCUT2D eigenvalue weighted by atomic mass is 32.1. The molecule has 0 N–H and O–H groups in total. The van der Waals surface area contributed by atoms with Gasteiger partial charge in [0.1, 0.15) is 17.7 Å². The summed E-state index contributed by atoms with van der Waals surface area (Å²) in [6.45, 7) is 0.645. The van der Waals surface area contributed by atoms with Crippen LogP contribution in [0.25, 0.3) is 10.9 Å². The number of fused-ring (bicyclic) bond motifs is 1. The van der Waals surface area contributed by atoms with Crippen LogP contribution < -0.4 is 19.1 Å². The van der Waals surface area contributed by atoms with E-state index >= 15 is 0 Å². The average Bonchev–Trinajstić information content (AvgIpc) is 3.12. The molecule has 3 aromatic rings. The van der Waals surface area contributed by atoms with Gasteiger partial charge >= 0.3 is 0 Å². The first-order chi connectivity index (χ1) is 11.7. The minimum Gasteiger partial charge on any atom is -0.493 e. The number of anilines is 1. The molecule has 0 aliphatic heterocycles. The van der Waals surface area contributed by atoms with Crippen LogP contribution in [-0.2, 0) is 6.54 Å². The predicted molar refractivity (Wildman–Crippen MR) is 93.4 cm³/mol. The lowest BCUT2D eigenvalue weighted by atomic mass is 10.1. The normalized spacial score (nSPS) is 10.7. The van der Waals surface area contributed by atoms with Gasteiger partial charge in [-0.25, -0.2) is 15.0 Å². The molecular weight excluding hydrogens is 328 g/mol. The van der Waals surface area contributed by atoms with Gasteiger partial charge in [0.2, 0.25) is 5.75 Å². The summed E-state index contributed by atoms with van der Waals surface area (Å²) in [5.74, 6) is 2.38. The fraction of sp³-hybridized carbons (Fsp3) is 0.312. The molecule has 24 heavy (non-hydrogen) atoms. The minimum atomic E-state index is 0.513. The first-order valence-electron chi connectivity index (χ1n) is 7.21. The third kappa shape index (κ3) is 2.80. The van der Waals surface area contributed by atoms with Crippen LogP contribution in [-0.4, -0.2) is 43.3 Å². The van der Waals surface area contributed by atoms with Crippen LogP contribution in [0, 0.1) is 0 Å². The molecule has 0 aliphatic carbocycles. The molecule has 0 amide bonds. The van der Waals surface area contributed by atoms with E-state index in [2.05, 4.69) is 15.0 Å². The molecule has 3 rings (SSSR count). The van der Waals surface area contributed by atoms with E-state index in [0.717, 1.165) is 16.9 Å². The lowest BCUT2D eigenvalue weighted by Crippen LogP contribution is -2.18. The Labute approximate surface area is 143 Å². The van der Waals surface area contributed by atoms with Crippen molar-refractivity contribution in [2.24, 2.45) is 0 Å². The quantitative estimate of drug-likeness (QED) is 0.680. The molecule has 0 radical (unpaired) electrons. The Kier molecular flexibility index (Phi) is 4.66. The molecule has 0 fully saturated rings. The van der Waals surface area contributed by atoms with Gasteiger partial charge in [-0.05, 0) is 6.07 Å². The van der Waals surface area contributed by atoms with Crippen molar-refractivity contribution in [3.63, 3.8) is 0 Å². The van der Waals surface area contributed by atoms with Crippen molar-refractivity contribution in [2.45, 2.75) is 6.54 Å². The highest BCUT2D eigenvalue weighted by Crippen LogP contribution is 2.44. The van der Waals surface area contributed by atoms with Crippen LogP contribution in [0.4, 0.5) is 5.82 Å². The Bertz CT molecular complexity index is 839. The molecule has 0 bridgehead atoms. The minimum absolute atomic E-state index is 0.513. The van der Waals surface area contributed by atoms with E-state index in [9.17, 15) is 0 Å². The number of rotatable bonds is 6. The highest BCUT2D eigenvalue weighted by molar-refractivity contribution is 7.07. The standard InChI is InChI=1S/C16H18N4O3S/c1-20(6-10-7-24-9-19-10)16-11-5-12(21-2)14(22-3)15(23-4)13(11)17-8-18-16/h5,7-9H,6H2,1-4H3. The highest BCUT2D eigenvalue weighted by Gasteiger charge is 2.20.